The summed E-state index contributed by atoms with van der Waals surface area (Å²) in [6.07, 6.45) is 0.946. The molecule has 0 unspecified atom stereocenters. The predicted octanol–water partition coefficient (Wildman–Crippen LogP) is 2.68. The van der Waals surface area contributed by atoms with Crippen LogP contribution >= 0.6 is 0 Å². The van der Waals surface area contributed by atoms with E-state index in [0.717, 1.165) is 53.4 Å². The third-order valence-electron chi connectivity index (χ3n) is 3.46. The smallest absolute Gasteiger partial charge is 0.142 e. The van der Waals surface area contributed by atoms with E-state index in [1.165, 1.54) is 0 Å². The van der Waals surface area contributed by atoms with E-state index < -0.39 is 0 Å². The zero-order chi connectivity index (χ0) is 15.4. The van der Waals surface area contributed by atoms with Crippen molar-refractivity contribution in [2.45, 2.75) is 34.1 Å². The molecule has 1 aliphatic rings. The predicted molar refractivity (Wildman–Crippen MR) is 85.9 cm³/mol. The van der Waals surface area contributed by atoms with Crippen LogP contribution in [-0.2, 0) is 11.2 Å². The van der Waals surface area contributed by atoms with E-state index in [0.29, 0.717) is 6.61 Å². The highest BCUT2D eigenvalue weighted by molar-refractivity contribution is 5.93. The minimum atomic E-state index is 0.708. The third kappa shape index (κ3) is 3.13. The molecule has 0 N–H and O–H groups in total. The van der Waals surface area contributed by atoms with Gasteiger partial charge in [-0.25, -0.2) is 9.97 Å². The van der Waals surface area contributed by atoms with E-state index >= 15 is 0 Å². The monoisotopic (exact) mass is 288 g/mol. The normalized spacial score (nSPS) is 13.1. The lowest BCUT2D eigenvalue weighted by Crippen LogP contribution is -2.33. The molecule has 0 fully saturated rings. The van der Waals surface area contributed by atoms with E-state index in [1.54, 1.807) is 7.11 Å². The maximum Gasteiger partial charge on any atom is 0.142 e. The SMILES string of the molecule is CC.COCCN1CCc2nc(C)cc3nc(C)nc1c23. The Morgan fingerprint density at radius 3 is 2.67 bits per heavy atom. The fourth-order valence-electron chi connectivity index (χ4n) is 2.63. The molecule has 0 aromatic carbocycles. The number of methoxy groups -OCH3 is 1. The van der Waals surface area contributed by atoms with E-state index in [-0.39, 0.29) is 0 Å². The summed E-state index contributed by atoms with van der Waals surface area (Å²) in [7, 11) is 1.73. The van der Waals surface area contributed by atoms with E-state index in [9.17, 15) is 0 Å². The lowest BCUT2D eigenvalue weighted by atomic mass is 10.1. The standard InChI is InChI=1S/C14H18N4O.C2H6/c1-9-8-12-13-11(15-9)4-5-18(6-7-19-3)14(13)17-10(2)16-12;1-2/h8H,4-7H2,1-3H3;1-2H3. The lowest BCUT2D eigenvalue weighted by molar-refractivity contribution is 0.205. The molecule has 0 amide bonds. The molecule has 114 valence electrons. The molecule has 0 aliphatic carbocycles. The van der Waals surface area contributed by atoms with Crippen molar-refractivity contribution < 1.29 is 4.74 Å². The summed E-state index contributed by atoms with van der Waals surface area (Å²) < 4.78 is 5.18. The van der Waals surface area contributed by atoms with Crippen molar-refractivity contribution in [1.29, 1.82) is 0 Å². The van der Waals surface area contributed by atoms with Gasteiger partial charge in [-0.2, -0.15) is 0 Å². The number of anilines is 1. The topological polar surface area (TPSA) is 51.1 Å². The summed E-state index contributed by atoms with van der Waals surface area (Å²) >= 11 is 0. The quantitative estimate of drug-likeness (QED) is 0.869. The molecule has 3 rings (SSSR count). The highest BCUT2D eigenvalue weighted by atomic mass is 16.5. The maximum atomic E-state index is 5.18. The molecule has 5 heteroatoms. The fraction of sp³-hybridized carbons (Fsp3) is 0.562. The average Bonchev–Trinajstić information content (AvgIpc) is 2.47. The molecule has 0 saturated carbocycles. The molecule has 2 aromatic heterocycles. The fourth-order valence-corrected chi connectivity index (χ4v) is 2.63. The number of ether oxygens (including phenoxy) is 1. The summed E-state index contributed by atoms with van der Waals surface area (Å²) in [5.74, 6) is 1.82. The van der Waals surface area contributed by atoms with Crippen molar-refractivity contribution in [2.75, 3.05) is 31.7 Å². The van der Waals surface area contributed by atoms with Crippen LogP contribution in [0.15, 0.2) is 6.07 Å². The van der Waals surface area contributed by atoms with E-state index in [4.69, 9.17) is 4.74 Å². The van der Waals surface area contributed by atoms with Crippen LogP contribution in [0.5, 0.6) is 0 Å². The number of hydrogen-bond donors (Lipinski definition) is 0. The Morgan fingerprint density at radius 1 is 1.19 bits per heavy atom. The first kappa shape index (κ1) is 15.6. The van der Waals surface area contributed by atoms with Crippen molar-refractivity contribution in [2.24, 2.45) is 0 Å². The Kier molecular flexibility index (Phi) is 5.07. The van der Waals surface area contributed by atoms with Crippen molar-refractivity contribution in [3.05, 3.63) is 23.3 Å². The van der Waals surface area contributed by atoms with Gasteiger partial charge in [0.05, 0.1) is 23.2 Å². The Labute approximate surface area is 126 Å². The second kappa shape index (κ2) is 6.80. The third-order valence-corrected chi connectivity index (χ3v) is 3.46. The summed E-state index contributed by atoms with van der Waals surface area (Å²) in [5, 5.41) is 1.11. The lowest BCUT2D eigenvalue weighted by Gasteiger charge is -2.29. The maximum absolute atomic E-state index is 5.18. The van der Waals surface area contributed by atoms with Gasteiger partial charge in [0, 0.05) is 32.3 Å². The second-order valence-corrected chi connectivity index (χ2v) is 4.93. The molecule has 0 atom stereocenters. The Balaban J connectivity index is 0.000000774. The van der Waals surface area contributed by atoms with Gasteiger partial charge in [-0.3, -0.25) is 4.98 Å². The Morgan fingerprint density at radius 2 is 1.95 bits per heavy atom. The van der Waals surface area contributed by atoms with Gasteiger partial charge in [-0.15, -0.1) is 0 Å². The van der Waals surface area contributed by atoms with E-state index in [1.807, 2.05) is 33.8 Å². The first-order valence-electron chi connectivity index (χ1n) is 7.58. The molecular weight excluding hydrogens is 264 g/mol. The summed E-state index contributed by atoms with van der Waals surface area (Å²) in [6, 6.07) is 2.04. The molecule has 3 heterocycles. The number of hydrogen-bond acceptors (Lipinski definition) is 5. The minimum absolute atomic E-state index is 0.708. The van der Waals surface area contributed by atoms with Crippen molar-refractivity contribution >= 4 is 16.7 Å². The van der Waals surface area contributed by atoms with Gasteiger partial charge in [0.25, 0.3) is 0 Å². The minimum Gasteiger partial charge on any atom is -0.383 e. The van der Waals surface area contributed by atoms with Crippen molar-refractivity contribution in [1.82, 2.24) is 15.0 Å². The van der Waals surface area contributed by atoms with Crippen LogP contribution in [-0.4, -0.2) is 41.8 Å². The van der Waals surface area contributed by atoms with Crippen LogP contribution in [0, 0.1) is 13.8 Å². The molecular formula is C16H24N4O. The van der Waals surface area contributed by atoms with Gasteiger partial charge in [-0.1, -0.05) is 13.8 Å². The average molecular weight is 288 g/mol. The molecule has 0 saturated heterocycles. The number of aryl methyl sites for hydroxylation is 2. The Bertz CT molecular complexity index is 622. The highest BCUT2D eigenvalue weighted by Crippen LogP contribution is 2.31. The van der Waals surface area contributed by atoms with Crippen LogP contribution < -0.4 is 4.90 Å². The summed E-state index contributed by atoms with van der Waals surface area (Å²) in [6.45, 7) is 10.5. The van der Waals surface area contributed by atoms with Gasteiger partial charge >= 0.3 is 0 Å². The molecule has 1 aliphatic heterocycles. The van der Waals surface area contributed by atoms with Crippen LogP contribution in [0.1, 0.15) is 31.1 Å². The second-order valence-electron chi connectivity index (χ2n) is 4.93. The molecule has 2 aromatic rings. The summed E-state index contributed by atoms with van der Waals surface area (Å²) in [4.78, 5) is 16.1. The van der Waals surface area contributed by atoms with Crippen LogP contribution in [0.25, 0.3) is 10.9 Å². The summed E-state index contributed by atoms with van der Waals surface area (Å²) in [5.41, 5.74) is 3.16. The number of nitrogens with zero attached hydrogens (tertiary/aromatic N) is 4. The van der Waals surface area contributed by atoms with E-state index in [2.05, 4.69) is 19.9 Å². The molecule has 0 bridgehead atoms. The van der Waals surface area contributed by atoms with Crippen molar-refractivity contribution in [3.8, 4) is 0 Å². The number of pyridine rings is 1. The Hall–Kier alpha value is -1.75. The van der Waals surface area contributed by atoms with Crippen LogP contribution in [0.3, 0.4) is 0 Å². The number of rotatable bonds is 3. The van der Waals surface area contributed by atoms with Gasteiger partial charge in [0.15, 0.2) is 0 Å². The van der Waals surface area contributed by atoms with Gasteiger partial charge in [-0.05, 0) is 19.9 Å². The number of aromatic nitrogens is 3. The molecule has 5 nitrogen and oxygen atoms in total. The van der Waals surface area contributed by atoms with Crippen LogP contribution in [0.2, 0.25) is 0 Å². The largest absolute Gasteiger partial charge is 0.383 e. The zero-order valence-electron chi connectivity index (χ0n) is 13.6. The molecule has 0 spiro atoms. The van der Waals surface area contributed by atoms with Gasteiger partial charge < -0.3 is 9.64 Å². The molecule has 21 heavy (non-hydrogen) atoms. The zero-order valence-corrected chi connectivity index (χ0v) is 13.6. The highest BCUT2D eigenvalue weighted by Gasteiger charge is 2.22. The molecule has 0 radical (unpaired) electrons. The van der Waals surface area contributed by atoms with Crippen LogP contribution in [0.4, 0.5) is 5.82 Å². The first-order valence-corrected chi connectivity index (χ1v) is 7.58. The van der Waals surface area contributed by atoms with Gasteiger partial charge in [0.1, 0.15) is 11.6 Å². The van der Waals surface area contributed by atoms with Gasteiger partial charge in [0.2, 0.25) is 0 Å². The van der Waals surface area contributed by atoms with Crippen molar-refractivity contribution in [3.63, 3.8) is 0 Å². The first-order chi connectivity index (χ1) is 10.2.